The van der Waals surface area contributed by atoms with Crippen molar-refractivity contribution in [3.8, 4) is 0 Å². The zero-order chi connectivity index (χ0) is 9.42. The summed E-state index contributed by atoms with van der Waals surface area (Å²) in [6.07, 6.45) is 1.62. The lowest BCUT2D eigenvalue weighted by Crippen LogP contribution is -1.93. The highest BCUT2D eigenvalue weighted by molar-refractivity contribution is 6.41. The predicted molar refractivity (Wildman–Crippen MR) is 54.0 cm³/mol. The summed E-state index contributed by atoms with van der Waals surface area (Å²) < 4.78 is 0. The van der Waals surface area contributed by atoms with Crippen LogP contribution in [0.15, 0.2) is 18.3 Å². The Hall–Kier alpha value is -1.06. The molecule has 0 unspecified atom stereocenters. The molecule has 0 spiro atoms. The molecule has 0 fully saturated rings. The molecule has 0 saturated carbocycles. The van der Waals surface area contributed by atoms with Crippen molar-refractivity contribution >= 4 is 39.9 Å². The molecule has 2 aromatic heterocycles. The van der Waals surface area contributed by atoms with Gasteiger partial charge in [-0.1, -0.05) is 23.2 Å². The third kappa shape index (κ3) is 1.30. The molecule has 2 N–H and O–H groups in total. The van der Waals surface area contributed by atoms with Gasteiger partial charge in [0.1, 0.15) is 0 Å². The number of hydrogen-bond acceptors (Lipinski definition) is 3. The van der Waals surface area contributed by atoms with Crippen LogP contribution in [0, 0.1) is 0 Å². The third-order valence-corrected chi connectivity index (χ3v) is 2.38. The minimum Gasteiger partial charge on any atom is -0.395 e. The lowest BCUT2D eigenvalue weighted by Gasteiger charge is -2.03. The number of pyridine rings is 2. The number of fused-ring (bicyclic) bond motifs is 1. The van der Waals surface area contributed by atoms with E-state index in [-0.39, 0.29) is 5.15 Å². The molecule has 66 valence electrons. The molecule has 0 amide bonds. The van der Waals surface area contributed by atoms with Crippen LogP contribution in [-0.4, -0.2) is 9.97 Å². The Balaban J connectivity index is 2.94. The Morgan fingerprint density at radius 1 is 1.31 bits per heavy atom. The highest BCUT2D eigenvalue weighted by Gasteiger charge is 2.08. The van der Waals surface area contributed by atoms with Gasteiger partial charge in [-0.05, 0) is 12.1 Å². The van der Waals surface area contributed by atoms with Gasteiger partial charge in [0, 0.05) is 11.6 Å². The minimum atomic E-state index is 0.191. The lowest BCUT2D eigenvalue weighted by atomic mass is 10.3. The maximum Gasteiger partial charge on any atom is 0.162 e. The van der Waals surface area contributed by atoms with E-state index >= 15 is 0 Å². The molecule has 0 bridgehead atoms. The Labute approximate surface area is 84.5 Å². The fourth-order valence-electron chi connectivity index (χ4n) is 1.05. The first-order valence-electron chi connectivity index (χ1n) is 3.55. The van der Waals surface area contributed by atoms with Crippen molar-refractivity contribution in [2.75, 3.05) is 5.73 Å². The second kappa shape index (κ2) is 3.01. The fraction of sp³-hybridized carbons (Fsp3) is 0. The van der Waals surface area contributed by atoms with E-state index in [1.807, 2.05) is 0 Å². The van der Waals surface area contributed by atoms with Crippen molar-refractivity contribution in [3.05, 3.63) is 28.5 Å². The summed E-state index contributed by atoms with van der Waals surface area (Å²) in [6.45, 7) is 0. The molecular weight excluding hydrogens is 209 g/mol. The SMILES string of the molecule is Nc1c(Cl)nc2ncccc2c1Cl. The van der Waals surface area contributed by atoms with Gasteiger partial charge in [0.2, 0.25) is 0 Å². The van der Waals surface area contributed by atoms with Crippen LogP contribution in [-0.2, 0) is 0 Å². The van der Waals surface area contributed by atoms with Gasteiger partial charge in [-0.3, -0.25) is 0 Å². The second-order valence-corrected chi connectivity index (χ2v) is 3.24. The van der Waals surface area contributed by atoms with Gasteiger partial charge in [-0.15, -0.1) is 0 Å². The number of halogens is 2. The summed E-state index contributed by atoms with van der Waals surface area (Å²) in [7, 11) is 0. The van der Waals surface area contributed by atoms with Gasteiger partial charge >= 0.3 is 0 Å². The number of nitrogens with zero attached hydrogens (tertiary/aromatic N) is 2. The van der Waals surface area contributed by atoms with Crippen molar-refractivity contribution in [1.82, 2.24) is 9.97 Å². The molecule has 5 heteroatoms. The number of nitrogen functional groups attached to an aromatic ring is 1. The van der Waals surface area contributed by atoms with Gasteiger partial charge in [-0.2, -0.15) is 0 Å². The van der Waals surface area contributed by atoms with E-state index in [1.165, 1.54) is 0 Å². The molecular formula is C8H5Cl2N3. The smallest absolute Gasteiger partial charge is 0.162 e. The molecule has 2 rings (SSSR count). The fourth-order valence-corrected chi connectivity index (χ4v) is 1.51. The summed E-state index contributed by atoms with van der Waals surface area (Å²) in [4.78, 5) is 7.99. The van der Waals surface area contributed by atoms with Crippen LogP contribution >= 0.6 is 23.2 Å². The summed E-state index contributed by atoms with van der Waals surface area (Å²) in [5.74, 6) is 0. The molecule has 0 aromatic carbocycles. The topological polar surface area (TPSA) is 51.8 Å². The summed E-state index contributed by atoms with van der Waals surface area (Å²) >= 11 is 11.7. The van der Waals surface area contributed by atoms with E-state index in [2.05, 4.69) is 9.97 Å². The molecule has 13 heavy (non-hydrogen) atoms. The maximum atomic E-state index is 5.94. The van der Waals surface area contributed by atoms with Crippen LogP contribution < -0.4 is 5.73 Å². The number of anilines is 1. The third-order valence-electron chi connectivity index (χ3n) is 1.69. The average molecular weight is 214 g/mol. The number of hydrogen-bond donors (Lipinski definition) is 1. The average Bonchev–Trinajstić information content (AvgIpc) is 2.15. The first-order valence-corrected chi connectivity index (χ1v) is 4.31. The van der Waals surface area contributed by atoms with E-state index < -0.39 is 0 Å². The van der Waals surface area contributed by atoms with E-state index in [0.29, 0.717) is 21.7 Å². The maximum absolute atomic E-state index is 5.94. The Bertz CT molecular complexity index is 470. The van der Waals surface area contributed by atoms with Crippen molar-refractivity contribution in [1.29, 1.82) is 0 Å². The van der Waals surface area contributed by atoms with Crippen LogP contribution in [0.1, 0.15) is 0 Å². The minimum absolute atomic E-state index is 0.191. The van der Waals surface area contributed by atoms with Crippen LogP contribution in [0.5, 0.6) is 0 Å². The molecule has 0 radical (unpaired) electrons. The van der Waals surface area contributed by atoms with Gasteiger partial charge in [0.15, 0.2) is 10.8 Å². The van der Waals surface area contributed by atoms with Crippen molar-refractivity contribution in [2.24, 2.45) is 0 Å². The van der Waals surface area contributed by atoms with E-state index in [1.54, 1.807) is 18.3 Å². The Kier molecular flexibility index (Phi) is 1.98. The number of aromatic nitrogens is 2. The van der Waals surface area contributed by atoms with Crippen LogP contribution in [0.4, 0.5) is 5.69 Å². The summed E-state index contributed by atoms with van der Waals surface area (Å²) in [5, 5.41) is 1.31. The van der Waals surface area contributed by atoms with Crippen LogP contribution in [0.2, 0.25) is 10.2 Å². The molecule has 2 aromatic rings. The largest absolute Gasteiger partial charge is 0.395 e. The van der Waals surface area contributed by atoms with Crippen molar-refractivity contribution in [3.63, 3.8) is 0 Å². The normalized spacial score (nSPS) is 10.6. The zero-order valence-corrected chi connectivity index (χ0v) is 7.97. The number of nitrogens with two attached hydrogens (primary N) is 1. The Morgan fingerprint density at radius 3 is 2.85 bits per heavy atom. The standard InChI is InChI=1S/C8H5Cl2N3/c9-5-4-2-1-3-12-8(4)13-7(10)6(5)11/h1-3H,11H2. The quantitative estimate of drug-likeness (QED) is 0.685. The van der Waals surface area contributed by atoms with Gasteiger partial charge in [-0.25, -0.2) is 9.97 Å². The van der Waals surface area contributed by atoms with E-state index in [4.69, 9.17) is 28.9 Å². The zero-order valence-electron chi connectivity index (χ0n) is 6.46. The first kappa shape index (κ1) is 8.53. The van der Waals surface area contributed by atoms with E-state index in [9.17, 15) is 0 Å². The lowest BCUT2D eigenvalue weighted by molar-refractivity contribution is 1.29. The van der Waals surface area contributed by atoms with Gasteiger partial charge < -0.3 is 5.73 Å². The molecule has 0 aliphatic rings. The molecule has 2 heterocycles. The second-order valence-electron chi connectivity index (χ2n) is 2.50. The summed E-state index contributed by atoms with van der Waals surface area (Å²) in [5.41, 5.74) is 6.40. The first-order chi connectivity index (χ1) is 6.20. The predicted octanol–water partition coefficient (Wildman–Crippen LogP) is 2.52. The molecule has 0 aliphatic heterocycles. The van der Waals surface area contributed by atoms with Gasteiger partial charge in [0.05, 0.1) is 10.7 Å². The van der Waals surface area contributed by atoms with Crippen molar-refractivity contribution in [2.45, 2.75) is 0 Å². The highest BCUT2D eigenvalue weighted by atomic mass is 35.5. The molecule has 0 atom stereocenters. The van der Waals surface area contributed by atoms with Crippen molar-refractivity contribution < 1.29 is 0 Å². The molecule has 3 nitrogen and oxygen atoms in total. The molecule has 0 saturated heterocycles. The van der Waals surface area contributed by atoms with Crippen LogP contribution in [0.25, 0.3) is 11.0 Å². The summed E-state index contributed by atoms with van der Waals surface area (Å²) in [6, 6.07) is 3.56. The van der Waals surface area contributed by atoms with Gasteiger partial charge in [0.25, 0.3) is 0 Å². The monoisotopic (exact) mass is 213 g/mol. The highest BCUT2D eigenvalue weighted by Crippen LogP contribution is 2.31. The molecule has 0 aliphatic carbocycles. The van der Waals surface area contributed by atoms with E-state index in [0.717, 1.165) is 0 Å². The number of rotatable bonds is 0. The van der Waals surface area contributed by atoms with Crippen LogP contribution in [0.3, 0.4) is 0 Å². The Morgan fingerprint density at radius 2 is 2.08 bits per heavy atom.